The predicted octanol–water partition coefficient (Wildman–Crippen LogP) is 2.30. The Hall–Kier alpha value is -1.28. The Morgan fingerprint density at radius 3 is 2.54 bits per heavy atom. The highest BCUT2D eigenvalue weighted by atomic mass is 16.5. The molecule has 0 heterocycles. The lowest BCUT2D eigenvalue weighted by atomic mass is 10.1. The van der Waals surface area contributed by atoms with Gasteiger partial charge in [-0.25, -0.2) is 0 Å². The summed E-state index contributed by atoms with van der Waals surface area (Å²) >= 11 is 0. The summed E-state index contributed by atoms with van der Waals surface area (Å²) in [5.41, 5.74) is 0.890. The normalized spacial score (nSPS) is 12.2. The molecule has 0 saturated heterocycles. The van der Waals surface area contributed by atoms with Crippen molar-refractivity contribution in [3.8, 4) is 5.75 Å². The van der Waals surface area contributed by atoms with Crippen LogP contribution in [0.15, 0.2) is 36.9 Å². The van der Waals surface area contributed by atoms with Crippen LogP contribution in [0.4, 0.5) is 0 Å². The third kappa shape index (κ3) is 2.60. The molecule has 1 N–H and O–H groups in total. The molecule has 70 valence electrons. The van der Waals surface area contributed by atoms with Crippen molar-refractivity contribution >= 4 is 0 Å². The lowest BCUT2D eigenvalue weighted by Crippen LogP contribution is -1.95. The minimum Gasteiger partial charge on any atom is -0.497 e. The minimum absolute atomic E-state index is 0.455. The minimum atomic E-state index is -0.455. The molecule has 2 nitrogen and oxygen atoms in total. The van der Waals surface area contributed by atoms with E-state index < -0.39 is 6.10 Å². The fraction of sp³-hybridized carbons (Fsp3) is 0.273. The zero-order valence-electron chi connectivity index (χ0n) is 7.73. The molecule has 1 aromatic carbocycles. The molecule has 0 unspecified atom stereocenters. The Labute approximate surface area is 78.5 Å². The molecule has 0 aliphatic rings. The van der Waals surface area contributed by atoms with E-state index >= 15 is 0 Å². The van der Waals surface area contributed by atoms with E-state index in [9.17, 15) is 5.11 Å². The van der Waals surface area contributed by atoms with Crippen molar-refractivity contribution in [1.29, 1.82) is 0 Å². The Balaban J connectivity index is 2.73. The van der Waals surface area contributed by atoms with Crippen LogP contribution in [-0.4, -0.2) is 12.2 Å². The first-order chi connectivity index (χ1) is 6.27. The highest BCUT2D eigenvalue weighted by Crippen LogP contribution is 2.19. The first kappa shape index (κ1) is 9.81. The molecule has 0 spiro atoms. The first-order valence-corrected chi connectivity index (χ1v) is 4.21. The third-order valence-corrected chi connectivity index (χ3v) is 1.89. The second-order valence-electron chi connectivity index (χ2n) is 2.81. The van der Waals surface area contributed by atoms with Crippen LogP contribution in [0.5, 0.6) is 5.75 Å². The van der Waals surface area contributed by atoms with E-state index in [0.29, 0.717) is 6.42 Å². The quantitative estimate of drug-likeness (QED) is 0.717. The molecule has 0 saturated carbocycles. The highest BCUT2D eigenvalue weighted by molar-refractivity contribution is 5.28. The van der Waals surface area contributed by atoms with Crippen molar-refractivity contribution in [2.45, 2.75) is 12.5 Å². The van der Waals surface area contributed by atoms with Crippen LogP contribution >= 0.6 is 0 Å². The maximum atomic E-state index is 9.57. The standard InChI is InChI=1S/C11H14O2/c1-3-4-11(12)9-5-7-10(13-2)8-6-9/h3,5-8,11-12H,1,4H2,2H3/t11-/m0/s1. The van der Waals surface area contributed by atoms with E-state index in [1.54, 1.807) is 13.2 Å². The molecule has 1 atom stereocenters. The average molecular weight is 178 g/mol. The van der Waals surface area contributed by atoms with Gasteiger partial charge in [0.2, 0.25) is 0 Å². The van der Waals surface area contributed by atoms with E-state index in [1.165, 1.54) is 0 Å². The monoisotopic (exact) mass is 178 g/mol. The molecule has 13 heavy (non-hydrogen) atoms. The van der Waals surface area contributed by atoms with E-state index in [1.807, 2.05) is 24.3 Å². The molecule has 1 aromatic rings. The van der Waals surface area contributed by atoms with Crippen molar-refractivity contribution < 1.29 is 9.84 Å². The largest absolute Gasteiger partial charge is 0.497 e. The lowest BCUT2D eigenvalue weighted by molar-refractivity contribution is 0.181. The smallest absolute Gasteiger partial charge is 0.118 e. The number of ether oxygens (including phenoxy) is 1. The summed E-state index contributed by atoms with van der Waals surface area (Å²) in [5.74, 6) is 0.801. The molecule has 0 fully saturated rings. The number of aliphatic hydroxyl groups is 1. The summed E-state index contributed by atoms with van der Waals surface area (Å²) in [7, 11) is 1.62. The summed E-state index contributed by atoms with van der Waals surface area (Å²) < 4.78 is 5.01. The van der Waals surface area contributed by atoms with Crippen LogP contribution in [0.3, 0.4) is 0 Å². The Morgan fingerprint density at radius 1 is 1.46 bits per heavy atom. The van der Waals surface area contributed by atoms with Gasteiger partial charge in [0.25, 0.3) is 0 Å². The van der Waals surface area contributed by atoms with Gasteiger partial charge in [-0.2, -0.15) is 0 Å². The number of aliphatic hydroxyl groups excluding tert-OH is 1. The van der Waals surface area contributed by atoms with Crippen molar-refractivity contribution in [2.24, 2.45) is 0 Å². The van der Waals surface area contributed by atoms with Crippen LogP contribution in [0, 0.1) is 0 Å². The summed E-state index contributed by atoms with van der Waals surface area (Å²) in [6.45, 7) is 3.58. The molecular formula is C11H14O2. The van der Waals surface area contributed by atoms with Gasteiger partial charge in [-0.3, -0.25) is 0 Å². The average Bonchev–Trinajstić information content (AvgIpc) is 2.18. The van der Waals surface area contributed by atoms with Crippen molar-refractivity contribution in [3.05, 3.63) is 42.5 Å². The van der Waals surface area contributed by atoms with Crippen LogP contribution < -0.4 is 4.74 Å². The fourth-order valence-electron chi connectivity index (χ4n) is 1.12. The van der Waals surface area contributed by atoms with Gasteiger partial charge in [-0.15, -0.1) is 6.58 Å². The zero-order chi connectivity index (χ0) is 9.68. The predicted molar refractivity (Wildman–Crippen MR) is 52.8 cm³/mol. The van der Waals surface area contributed by atoms with Gasteiger partial charge in [-0.05, 0) is 24.1 Å². The van der Waals surface area contributed by atoms with Gasteiger partial charge >= 0.3 is 0 Å². The SMILES string of the molecule is C=CC[C@H](O)c1ccc(OC)cc1. The van der Waals surface area contributed by atoms with Gasteiger partial charge in [0.15, 0.2) is 0 Å². The molecule has 0 aliphatic heterocycles. The zero-order valence-corrected chi connectivity index (χ0v) is 7.73. The van der Waals surface area contributed by atoms with Gasteiger partial charge in [0.05, 0.1) is 13.2 Å². The van der Waals surface area contributed by atoms with E-state index in [-0.39, 0.29) is 0 Å². The lowest BCUT2D eigenvalue weighted by Gasteiger charge is -2.08. The number of methoxy groups -OCH3 is 1. The van der Waals surface area contributed by atoms with Crippen LogP contribution in [0.1, 0.15) is 18.1 Å². The molecule has 0 radical (unpaired) electrons. The number of rotatable bonds is 4. The molecule has 1 rings (SSSR count). The molecule has 0 aliphatic carbocycles. The summed E-state index contributed by atoms with van der Waals surface area (Å²) in [5, 5.41) is 9.57. The molecule has 0 aromatic heterocycles. The van der Waals surface area contributed by atoms with E-state index in [2.05, 4.69) is 6.58 Å². The van der Waals surface area contributed by atoms with Gasteiger partial charge in [-0.1, -0.05) is 18.2 Å². The van der Waals surface area contributed by atoms with Crippen LogP contribution in [0.25, 0.3) is 0 Å². The van der Waals surface area contributed by atoms with Crippen LogP contribution in [0.2, 0.25) is 0 Å². The Bertz CT molecular complexity index is 264. The number of benzene rings is 1. The van der Waals surface area contributed by atoms with Crippen LogP contribution in [-0.2, 0) is 0 Å². The van der Waals surface area contributed by atoms with Crippen molar-refractivity contribution in [2.75, 3.05) is 7.11 Å². The fourth-order valence-corrected chi connectivity index (χ4v) is 1.12. The van der Waals surface area contributed by atoms with Crippen molar-refractivity contribution in [1.82, 2.24) is 0 Å². The maximum absolute atomic E-state index is 9.57. The molecular weight excluding hydrogens is 164 g/mol. The topological polar surface area (TPSA) is 29.5 Å². The highest BCUT2D eigenvalue weighted by Gasteiger charge is 2.04. The van der Waals surface area contributed by atoms with E-state index in [0.717, 1.165) is 11.3 Å². The van der Waals surface area contributed by atoms with Gasteiger partial charge in [0, 0.05) is 0 Å². The Morgan fingerprint density at radius 2 is 2.08 bits per heavy atom. The van der Waals surface area contributed by atoms with E-state index in [4.69, 9.17) is 4.74 Å². The van der Waals surface area contributed by atoms with Crippen molar-refractivity contribution in [3.63, 3.8) is 0 Å². The summed E-state index contributed by atoms with van der Waals surface area (Å²) in [4.78, 5) is 0. The summed E-state index contributed by atoms with van der Waals surface area (Å²) in [6, 6.07) is 7.38. The first-order valence-electron chi connectivity index (χ1n) is 4.21. The van der Waals surface area contributed by atoms with Gasteiger partial charge < -0.3 is 9.84 Å². The third-order valence-electron chi connectivity index (χ3n) is 1.89. The molecule has 0 bridgehead atoms. The maximum Gasteiger partial charge on any atom is 0.118 e. The van der Waals surface area contributed by atoms with Gasteiger partial charge in [0.1, 0.15) is 5.75 Å². The molecule has 0 amide bonds. The molecule has 2 heteroatoms. The summed E-state index contributed by atoms with van der Waals surface area (Å²) in [6.07, 6.45) is 1.82. The number of hydrogen-bond acceptors (Lipinski definition) is 2. The second-order valence-corrected chi connectivity index (χ2v) is 2.81. The second kappa shape index (κ2) is 4.67. The number of hydrogen-bond donors (Lipinski definition) is 1. The Kier molecular flexibility index (Phi) is 3.53.